The second-order valence-electron chi connectivity index (χ2n) is 4.71. The van der Waals surface area contributed by atoms with E-state index in [1.807, 2.05) is 13.1 Å². The summed E-state index contributed by atoms with van der Waals surface area (Å²) >= 11 is 0. The number of rotatable bonds is 7. The summed E-state index contributed by atoms with van der Waals surface area (Å²) in [5, 5.41) is 0. The van der Waals surface area contributed by atoms with Crippen LogP contribution in [0.1, 0.15) is 26.1 Å². The van der Waals surface area contributed by atoms with E-state index in [1.165, 1.54) is 0 Å². The summed E-state index contributed by atoms with van der Waals surface area (Å²) in [7, 11) is 3.63. The van der Waals surface area contributed by atoms with Crippen molar-refractivity contribution in [3.05, 3.63) is 11.9 Å². The fourth-order valence-corrected chi connectivity index (χ4v) is 1.51. The Morgan fingerprint density at radius 3 is 2.72 bits per heavy atom. The predicted molar refractivity (Wildman–Crippen MR) is 73.3 cm³/mol. The van der Waals surface area contributed by atoms with E-state index in [0.717, 1.165) is 18.8 Å². The average Bonchev–Trinajstić information content (AvgIpc) is 2.35. The predicted octanol–water partition coefficient (Wildman–Crippen LogP) is 1.39. The van der Waals surface area contributed by atoms with E-state index >= 15 is 0 Å². The van der Waals surface area contributed by atoms with Crippen LogP contribution in [-0.2, 0) is 11.3 Å². The molecule has 1 heterocycles. The van der Waals surface area contributed by atoms with Crippen LogP contribution in [0.15, 0.2) is 6.07 Å². The Kier molecular flexibility index (Phi) is 5.80. The molecule has 0 aromatic carbocycles. The molecular weight excluding hydrogens is 230 g/mol. The topological polar surface area (TPSA) is 76.3 Å². The van der Waals surface area contributed by atoms with Crippen molar-refractivity contribution in [3.63, 3.8) is 0 Å². The number of nitrogens with two attached hydrogens (primary N) is 1. The highest BCUT2D eigenvalue weighted by Crippen LogP contribution is 2.15. The number of hydrogen-bond acceptors (Lipinski definition) is 6. The minimum absolute atomic E-state index is 0.376. The molecular formula is C12H23N5O. The lowest BCUT2D eigenvalue weighted by Gasteiger charge is -2.20. The number of anilines is 2. The second kappa shape index (κ2) is 7.13. The maximum atomic E-state index is 5.41. The molecule has 0 radical (unpaired) electrons. The average molecular weight is 253 g/mol. The van der Waals surface area contributed by atoms with E-state index in [9.17, 15) is 0 Å². The SMILES string of the molecule is COCc1nc(NN)cc(N(C)CCC(C)C)n1. The largest absolute Gasteiger partial charge is 0.377 e. The van der Waals surface area contributed by atoms with Crippen molar-refractivity contribution >= 4 is 11.6 Å². The van der Waals surface area contributed by atoms with Gasteiger partial charge in [0.2, 0.25) is 0 Å². The van der Waals surface area contributed by atoms with Crippen LogP contribution in [0.3, 0.4) is 0 Å². The lowest BCUT2D eigenvalue weighted by atomic mass is 10.1. The number of methoxy groups -OCH3 is 1. The molecule has 1 aromatic heterocycles. The van der Waals surface area contributed by atoms with Gasteiger partial charge < -0.3 is 15.1 Å². The van der Waals surface area contributed by atoms with Crippen molar-refractivity contribution in [2.45, 2.75) is 26.9 Å². The summed E-state index contributed by atoms with van der Waals surface area (Å²) < 4.78 is 5.05. The van der Waals surface area contributed by atoms with Gasteiger partial charge in [-0.2, -0.15) is 0 Å². The van der Waals surface area contributed by atoms with Crippen LogP contribution in [0.25, 0.3) is 0 Å². The lowest BCUT2D eigenvalue weighted by Crippen LogP contribution is -2.22. The van der Waals surface area contributed by atoms with Crippen molar-refractivity contribution in [2.75, 3.05) is 31.0 Å². The van der Waals surface area contributed by atoms with Crippen LogP contribution < -0.4 is 16.2 Å². The van der Waals surface area contributed by atoms with Crippen LogP contribution in [0.4, 0.5) is 11.6 Å². The van der Waals surface area contributed by atoms with Gasteiger partial charge >= 0.3 is 0 Å². The molecule has 6 nitrogen and oxygen atoms in total. The molecule has 18 heavy (non-hydrogen) atoms. The molecule has 0 fully saturated rings. The number of nitrogen functional groups attached to an aromatic ring is 1. The highest BCUT2D eigenvalue weighted by Gasteiger charge is 2.08. The summed E-state index contributed by atoms with van der Waals surface area (Å²) in [6.45, 7) is 5.74. The molecule has 0 amide bonds. The van der Waals surface area contributed by atoms with Gasteiger partial charge in [-0.3, -0.25) is 0 Å². The summed E-state index contributed by atoms with van der Waals surface area (Å²) in [5.74, 6) is 8.15. The van der Waals surface area contributed by atoms with E-state index in [2.05, 4.69) is 34.1 Å². The van der Waals surface area contributed by atoms with E-state index in [-0.39, 0.29) is 0 Å². The van der Waals surface area contributed by atoms with Crippen molar-refractivity contribution in [1.29, 1.82) is 0 Å². The molecule has 1 aromatic rings. The third-order valence-electron chi connectivity index (χ3n) is 2.61. The molecule has 0 unspecified atom stereocenters. The Labute approximate surface area is 109 Å². The van der Waals surface area contributed by atoms with E-state index < -0.39 is 0 Å². The number of nitrogens with zero attached hydrogens (tertiary/aromatic N) is 3. The highest BCUT2D eigenvalue weighted by atomic mass is 16.5. The number of hydrogen-bond donors (Lipinski definition) is 2. The monoisotopic (exact) mass is 253 g/mol. The van der Waals surface area contributed by atoms with Crippen LogP contribution >= 0.6 is 0 Å². The first kappa shape index (κ1) is 14.7. The van der Waals surface area contributed by atoms with Crippen molar-refractivity contribution in [2.24, 2.45) is 11.8 Å². The molecule has 0 aliphatic heterocycles. The smallest absolute Gasteiger partial charge is 0.158 e. The highest BCUT2D eigenvalue weighted by molar-refractivity contribution is 5.48. The lowest BCUT2D eigenvalue weighted by molar-refractivity contribution is 0.178. The molecule has 0 aliphatic carbocycles. The standard InChI is InChI=1S/C12H23N5O/c1-9(2)5-6-17(3)12-7-10(16-13)14-11(15-12)8-18-4/h7,9H,5-6,8,13H2,1-4H3,(H,14,15,16). The summed E-state index contributed by atoms with van der Waals surface area (Å²) in [4.78, 5) is 10.8. The van der Waals surface area contributed by atoms with Gasteiger partial charge in [-0.05, 0) is 12.3 Å². The van der Waals surface area contributed by atoms with E-state index in [4.69, 9.17) is 10.6 Å². The Balaban J connectivity index is 2.82. The van der Waals surface area contributed by atoms with Gasteiger partial charge in [0.15, 0.2) is 5.82 Å². The zero-order valence-electron chi connectivity index (χ0n) is 11.6. The van der Waals surface area contributed by atoms with E-state index in [1.54, 1.807) is 7.11 Å². The van der Waals surface area contributed by atoms with Crippen LogP contribution in [0.2, 0.25) is 0 Å². The molecule has 0 bridgehead atoms. The molecule has 0 spiro atoms. The minimum Gasteiger partial charge on any atom is -0.377 e. The van der Waals surface area contributed by atoms with Gasteiger partial charge in [0, 0.05) is 26.8 Å². The molecule has 0 atom stereocenters. The molecule has 0 aliphatic rings. The summed E-state index contributed by atoms with van der Waals surface area (Å²) in [6, 6.07) is 1.83. The van der Waals surface area contributed by atoms with Gasteiger partial charge in [-0.25, -0.2) is 15.8 Å². The first-order valence-electron chi connectivity index (χ1n) is 6.11. The van der Waals surface area contributed by atoms with Gasteiger partial charge in [0.25, 0.3) is 0 Å². The van der Waals surface area contributed by atoms with Crippen LogP contribution in [-0.4, -0.2) is 30.7 Å². The quantitative estimate of drug-likeness (QED) is 0.565. The summed E-state index contributed by atoms with van der Waals surface area (Å²) in [6.07, 6.45) is 1.12. The summed E-state index contributed by atoms with van der Waals surface area (Å²) in [5.41, 5.74) is 2.55. The maximum absolute atomic E-state index is 5.41. The Bertz CT molecular complexity index is 369. The first-order chi connectivity index (χ1) is 8.56. The van der Waals surface area contributed by atoms with E-state index in [0.29, 0.717) is 24.2 Å². The van der Waals surface area contributed by atoms with Gasteiger partial charge in [0.1, 0.15) is 18.2 Å². The normalized spacial score (nSPS) is 10.8. The molecule has 1 rings (SSSR count). The van der Waals surface area contributed by atoms with Crippen LogP contribution in [0.5, 0.6) is 0 Å². The van der Waals surface area contributed by atoms with Crippen molar-refractivity contribution < 1.29 is 4.74 Å². The number of ether oxygens (including phenoxy) is 1. The zero-order chi connectivity index (χ0) is 13.5. The molecule has 0 saturated heterocycles. The van der Waals surface area contributed by atoms with Crippen LogP contribution in [0, 0.1) is 5.92 Å². The first-order valence-corrected chi connectivity index (χ1v) is 6.11. The van der Waals surface area contributed by atoms with Crippen molar-refractivity contribution in [1.82, 2.24) is 9.97 Å². The Morgan fingerprint density at radius 1 is 1.44 bits per heavy atom. The number of nitrogens with one attached hydrogen (secondary N) is 1. The van der Waals surface area contributed by atoms with Gasteiger partial charge in [0.05, 0.1) is 0 Å². The fraction of sp³-hybridized carbons (Fsp3) is 0.667. The Hall–Kier alpha value is -1.40. The maximum Gasteiger partial charge on any atom is 0.158 e. The van der Waals surface area contributed by atoms with Gasteiger partial charge in [-0.1, -0.05) is 13.8 Å². The number of aromatic nitrogens is 2. The zero-order valence-corrected chi connectivity index (χ0v) is 11.6. The third kappa shape index (κ3) is 4.46. The third-order valence-corrected chi connectivity index (χ3v) is 2.61. The molecule has 3 N–H and O–H groups in total. The Morgan fingerprint density at radius 2 is 2.17 bits per heavy atom. The van der Waals surface area contributed by atoms with Crippen molar-refractivity contribution in [3.8, 4) is 0 Å². The molecule has 102 valence electrons. The fourth-order valence-electron chi connectivity index (χ4n) is 1.51. The second-order valence-corrected chi connectivity index (χ2v) is 4.71. The van der Waals surface area contributed by atoms with Gasteiger partial charge in [-0.15, -0.1) is 0 Å². The molecule has 6 heteroatoms. The minimum atomic E-state index is 0.376. The number of hydrazine groups is 1. The molecule has 0 saturated carbocycles.